The van der Waals surface area contributed by atoms with E-state index in [0.29, 0.717) is 13.2 Å². The molecule has 0 spiro atoms. The minimum atomic E-state index is -0.551. The van der Waals surface area contributed by atoms with Crippen LogP contribution in [0.1, 0.15) is 0 Å². The van der Waals surface area contributed by atoms with Gasteiger partial charge in [0.05, 0.1) is 19.3 Å². The number of fused-ring (bicyclic) bond motifs is 3. The second kappa shape index (κ2) is 6.36. The van der Waals surface area contributed by atoms with Crippen LogP contribution in [0.15, 0.2) is 54.9 Å². The molecular formula is C19H18N2O2S. The summed E-state index contributed by atoms with van der Waals surface area (Å²) in [4.78, 5) is 4.54. The van der Waals surface area contributed by atoms with Crippen molar-refractivity contribution in [3.63, 3.8) is 0 Å². The van der Waals surface area contributed by atoms with Gasteiger partial charge in [0, 0.05) is 45.2 Å². The summed E-state index contributed by atoms with van der Waals surface area (Å²) in [6, 6.07) is 14.8. The maximum absolute atomic E-state index is 10.0. The minimum absolute atomic E-state index is 0.310. The normalized spacial score (nSPS) is 12.9. The van der Waals surface area contributed by atoms with Gasteiger partial charge in [-0.05, 0) is 12.1 Å². The topological polar surface area (TPSA) is 47.3 Å². The third-order valence-electron chi connectivity index (χ3n) is 4.13. The monoisotopic (exact) mass is 338 g/mol. The van der Waals surface area contributed by atoms with Crippen LogP contribution < -0.4 is 0 Å². The van der Waals surface area contributed by atoms with Gasteiger partial charge < -0.3 is 14.4 Å². The van der Waals surface area contributed by atoms with Gasteiger partial charge in [0.25, 0.3) is 0 Å². The third kappa shape index (κ3) is 2.60. The molecule has 0 aliphatic carbocycles. The van der Waals surface area contributed by atoms with Crippen molar-refractivity contribution in [2.24, 2.45) is 0 Å². The molecule has 0 saturated heterocycles. The number of methoxy groups -OCH3 is 1. The zero-order chi connectivity index (χ0) is 16.5. The Hall–Kier alpha value is -2.21. The van der Waals surface area contributed by atoms with Crippen LogP contribution in [0, 0.1) is 0 Å². The molecule has 0 fully saturated rings. The van der Waals surface area contributed by atoms with Gasteiger partial charge in [0.15, 0.2) is 0 Å². The number of aliphatic hydroxyl groups is 1. The molecule has 0 radical (unpaired) electrons. The summed E-state index contributed by atoms with van der Waals surface area (Å²) in [5.74, 6) is 0.877. The van der Waals surface area contributed by atoms with Gasteiger partial charge in [-0.3, -0.25) is 0 Å². The predicted octanol–water partition coefficient (Wildman–Crippen LogP) is 3.93. The van der Waals surface area contributed by atoms with Crippen LogP contribution in [0.25, 0.3) is 31.6 Å². The van der Waals surface area contributed by atoms with E-state index in [4.69, 9.17) is 4.74 Å². The van der Waals surface area contributed by atoms with Gasteiger partial charge in [-0.25, -0.2) is 4.98 Å². The van der Waals surface area contributed by atoms with E-state index in [1.165, 1.54) is 20.2 Å². The lowest BCUT2D eigenvalue weighted by molar-refractivity contribution is 0.0539. The predicted molar refractivity (Wildman–Crippen MR) is 98.4 cm³/mol. The van der Waals surface area contributed by atoms with Crippen molar-refractivity contribution in [3.8, 4) is 11.4 Å². The molecule has 4 rings (SSSR count). The molecule has 4 nitrogen and oxygen atoms in total. The minimum Gasteiger partial charge on any atom is -0.389 e. The molecule has 0 aliphatic heterocycles. The Bertz CT molecular complexity index is 989. The van der Waals surface area contributed by atoms with Crippen LogP contribution in [0.3, 0.4) is 0 Å². The van der Waals surface area contributed by atoms with Crippen molar-refractivity contribution in [2.45, 2.75) is 12.6 Å². The summed E-state index contributed by atoms with van der Waals surface area (Å²) >= 11 is 1.78. The fourth-order valence-electron chi connectivity index (χ4n) is 3.10. The molecule has 0 aliphatic rings. The molecule has 122 valence electrons. The molecule has 1 atom stereocenters. The Labute approximate surface area is 143 Å². The zero-order valence-corrected chi connectivity index (χ0v) is 14.2. The summed E-state index contributed by atoms with van der Waals surface area (Å²) in [6.45, 7) is 0.773. The molecular weight excluding hydrogens is 320 g/mol. The highest BCUT2D eigenvalue weighted by Gasteiger charge is 2.15. The summed E-state index contributed by atoms with van der Waals surface area (Å²) in [5, 5.41) is 12.6. The number of aliphatic hydroxyl groups excluding tert-OH is 1. The lowest BCUT2D eigenvalue weighted by Gasteiger charge is -2.13. The van der Waals surface area contributed by atoms with E-state index in [1.807, 2.05) is 10.8 Å². The lowest BCUT2D eigenvalue weighted by Crippen LogP contribution is -2.21. The van der Waals surface area contributed by atoms with E-state index in [-0.39, 0.29) is 0 Å². The molecule has 0 amide bonds. The number of hydrogen-bond donors (Lipinski definition) is 1. The molecule has 5 heteroatoms. The Morgan fingerprint density at radius 2 is 2.00 bits per heavy atom. The molecule has 2 heterocycles. The molecule has 2 aromatic heterocycles. The average molecular weight is 338 g/mol. The smallest absolute Gasteiger partial charge is 0.141 e. The van der Waals surface area contributed by atoms with Gasteiger partial charge in [-0.15, -0.1) is 11.3 Å². The van der Waals surface area contributed by atoms with Crippen LogP contribution in [0.4, 0.5) is 0 Å². The van der Waals surface area contributed by atoms with Crippen molar-refractivity contribution in [1.29, 1.82) is 0 Å². The van der Waals surface area contributed by atoms with E-state index >= 15 is 0 Å². The highest BCUT2D eigenvalue weighted by molar-refractivity contribution is 7.26. The Kier molecular flexibility index (Phi) is 4.06. The number of ether oxygens (including phenoxy) is 1. The van der Waals surface area contributed by atoms with Crippen LogP contribution in [0.2, 0.25) is 0 Å². The average Bonchev–Trinajstić information content (AvgIpc) is 3.19. The summed E-state index contributed by atoms with van der Waals surface area (Å²) in [7, 11) is 1.59. The van der Waals surface area contributed by atoms with E-state index in [2.05, 4.69) is 47.4 Å². The third-order valence-corrected chi connectivity index (χ3v) is 5.35. The highest BCUT2D eigenvalue weighted by atomic mass is 32.1. The molecule has 24 heavy (non-hydrogen) atoms. The number of nitrogens with zero attached hydrogens (tertiary/aromatic N) is 2. The van der Waals surface area contributed by atoms with Crippen molar-refractivity contribution >= 4 is 31.5 Å². The molecule has 4 aromatic rings. The van der Waals surface area contributed by atoms with Crippen LogP contribution >= 0.6 is 11.3 Å². The van der Waals surface area contributed by atoms with Crippen molar-refractivity contribution in [2.75, 3.05) is 13.7 Å². The summed E-state index contributed by atoms with van der Waals surface area (Å²) < 4.78 is 9.52. The maximum atomic E-state index is 10.0. The summed E-state index contributed by atoms with van der Waals surface area (Å²) in [6.07, 6.45) is 3.13. The maximum Gasteiger partial charge on any atom is 0.141 e. The van der Waals surface area contributed by atoms with Crippen molar-refractivity contribution in [1.82, 2.24) is 9.55 Å². The summed E-state index contributed by atoms with van der Waals surface area (Å²) in [5.41, 5.74) is 1.10. The van der Waals surface area contributed by atoms with Crippen LogP contribution in [-0.2, 0) is 11.3 Å². The molecule has 0 saturated carbocycles. The number of imidazole rings is 1. The van der Waals surface area contributed by atoms with Gasteiger partial charge in [-0.1, -0.05) is 30.3 Å². The van der Waals surface area contributed by atoms with E-state index in [9.17, 15) is 5.11 Å². The Balaban J connectivity index is 1.84. The SMILES string of the molecule is COC[C@@H](O)Cn1ccnc1-c1cccc2c1sc1ccccc12. The molecule has 2 aromatic carbocycles. The van der Waals surface area contributed by atoms with Crippen molar-refractivity contribution < 1.29 is 9.84 Å². The molecule has 0 unspecified atom stereocenters. The largest absolute Gasteiger partial charge is 0.389 e. The van der Waals surface area contributed by atoms with Gasteiger partial charge in [0.2, 0.25) is 0 Å². The fraction of sp³-hybridized carbons (Fsp3) is 0.211. The quantitative estimate of drug-likeness (QED) is 0.600. The number of rotatable bonds is 5. The van der Waals surface area contributed by atoms with E-state index in [1.54, 1.807) is 24.6 Å². The van der Waals surface area contributed by atoms with E-state index < -0.39 is 6.10 Å². The molecule has 1 N–H and O–H groups in total. The van der Waals surface area contributed by atoms with Crippen LogP contribution in [-0.4, -0.2) is 34.5 Å². The van der Waals surface area contributed by atoms with Gasteiger partial charge in [-0.2, -0.15) is 0 Å². The lowest BCUT2D eigenvalue weighted by atomic mass is 10.1. The van der Waals surface area contributed by atoms with Crippen molar-refractivity contribution in [3.05, 3.63) is 54.9 Å². The van der Waals surface area contributed by atoms with Gasteiger partial charge in [0.1, 0.15) is 5.82 Å². The first kappa shape index (κ1) is 15.3. The number of aromatic nitrogens is 2. The first-order chi connectivity index (χ1) is 11.8. The van der Waals surface area contributed by atoms with Crippen LogP contribution in [0.5, 0.6) is 0 Å². The number of thiophene rings is 1. The second-order valence-electron chi connectivity index (χ2n) is 5.79. The first-order valence-electron chi connectivity index (χ1n) is 7.86. The van der Waals surface area contributed by atoms with E-state index in [0.717, 1.165) is 11.4 Å². The Morgan fingerprint density at radius 1 is 1.17 bits per heavy atom. The second-order valence-corrected chi connectivity index (χ2v) is 6.85. The number of benzene rings is 2. The number of hydrogen-bond acceptors (Lipinski definition) is 4. The van der Waals surface area contributed by atoms with Gasteiger partial charge >= 0.3 is 0 Å². The standard InChI is InChI=1S/C19H18N2O2S/c1-23-12-13(22)11-21-10-9-20-19(21)16-7-4-6-15-14-5-2-3-8-17(14)24-18(15)16/h2-10,13,22H,11-12H2,1H3/t13-/m0/s1. The Morgan fingerprint density at radius 3 is 2.88 bits per heavy atom. The fourth-order valence-corrected chi connectivity index (χ4v) is 4.31. The zero-order valence-electron chi connectivity index (χ0n) is 13.3. The first-order valence-corrected chi connectivity index (χ1v) is 8.68. The molecule has 0 bridgehead atoms. The highest BCUT2D eigenvalue weighted by Crippen LogP contribution is 2.39.